The Morgan fingerprint density at radius 1 is 1.28 bits per heavy atom. The molecule has 0 atom stereocenters. The molecule has 1 heterocycles. The second-order valence-corrected chi connectivity index (χ2v) is 6.06. The summed E-state index contributed by atoms with van der Waals surface area (Å²) >= 11 is 0. The molecule has 0 aliphatic carbocycles. The van der Waals surface area contributed by atoms with Gasteiger partial charge in [0.15, 0.2) is 5.82 Å². The van der Waals surface area contributed by atoms with Crippen molar-refractivity contribution in [1.82, 2.24) is 19.1 Å². The Morgan fingerprint density at radius 3 is 2.56 bits per heavy atom. The molecule has 1 aromatic carbocycles. The highest BCUT2D eigenvalue weighted by Crippen LogP contribution is 2.11. The molecular weight excluding hydrogens is 252 g/mol. The summed E-state index contributed by atoms with van der Waals surface area (Å²) < 4.78 is 25.7. The van der Waals surface area contributed by atoms with Gasteiger partial charge in [-0.25, -0.2) is 8.42 Å². The lowest BCUT2D eigenvalue weighted by Crippen LogP contribution is -2.26. The molecule has 0 unspecified atom stereocenters. The number of para-hydroxylation sites is 1. The summed E-state index contributed by atoms with van der Waals surface area (Å²) in [4.78, 5) is 0. The summed E-state index contributed by atoms with van der Waals surface area (Å²) in [6.45, 7) is 0.188. The van der Waals surface area contributed by atoms with E-state index in [1.165, 1.54) is 11.4 Å². The third-order valence-corrected chi connectivity index (χ3v) is 3.84. The fraction of sp³-hybridized carbons (Fsp3) is 0.273. The van der Waals surface area contributed by atoms with Gasteiger partial charge in [0, 0.05) is 12.7 Å². The lowest BCUT2D eigenvalue weighted by Gasteiger charge is -2.14. The Morgan fingerprint density at radius 2 is 1.94 bits per heavy atom. The van der Waals surface area contributed by atoms with Gasteiger partial charge in [0.1, 0.15) is 6.33 Å². The molecule has 2 rings (SSSR count). The maximum atomic E-state index is 11.4. The number of hydrogen-bond donors (Lipinski definition) is 0. The van der Waals surface area contributed by atoms with E-state index in [1.807, 2.05) is 30.3 Å². The van der Waals surface area contributed by atoms with E-state index >= 15 is 0 Å². The van der Waals surface area contributed by atoms with Crippen molar-refractivity contribution in [2.24, 2.45) is 0 Å². The van der Waals surface area contributed by atoms with Crippen LogP contribution in [0.4, 0.5) is 0 Å². The highest BCUT2D eigenvalue weighted by atomic mass is 32.2. The molecule has 18 heavy (non-hydrogen) atoms. The maximum Gasteiger partial charge on any atom is 0.211 e. The van der Waals surface area contributed by atoms with Crippen LogP contribution >= 0.6 is 0 Å². The summed E-state index contributed by atoms with van der Waals surface area (Å²) in [7, 11) is -1.71. The van der Waals surface area contributed by atoms with E-state index in [-0.39, 0.29) is 6.54 Å². The summed E-state index contributed by atoms with van der Waals surface area (Å²) in [5.41, 5.74) is 0.902. The zero-order valence-electron chi connectivity index (χ0n) is 10.2. The molecule has 0 radical (unpaired) electrons. The van der Waals surface area contributed by atoms with E-state index in [9.17, 15) is 8.42 Å². The van der Waals surface area contributed by atoms with E-state index < -0.39 is 10.0 Å². The first-order valence-electron chi connectivity index (χ1n) is 5.34. The normalized spacial score (nSPS) is 11.9. The van der Waals surface area contributed by atoms with Crippen LogP contribution in [-0.2, 0) is 16.6 Å². The Labute approximate surface area is 106 Å². The largest absolute Gasteiger partial charge is 0.284 e. The molecule has 0 bridgehead atoms. The van der Waals surface area contributed by atoms with Gasteiger partial charge >= 0.3 is 0 Å². The van der Waals surface area contributed by atoms with E-state index in [0.29, 0.717) is 5.82 Å². The first-order chi connectivity index (χ1) is 8.48. The van der Waals surface area contributed by atoms with Gasteiger partial charge in [-0.1, -0.05) is 18.2 Å². The van der Waals surface area contributed by atoms with E-state index in [1.54, 1.807) is 10.9 Å². The maximum absolute atomic E-state index is 11.4. The summed E-state index contributed by atoms with van der Waals surface area (Å²) in [6, 6.07) is 9.54. The van der Waals surface area contributed by atoms with Crippen molar-refractivity contribution in [3.63, 3.8) is 0 Å². The van der Waals surface area contributed by atoms with Crippen molar-refractivity contribution >= 4 is 10.0 Å². The Balaban J connectivity index is 2.30. The first-order valence-corrected chi connectivity index (χ1v) is 7.19. The Hall–Kier alpha value is -1.73. The van der Waals surface area contributed by atoms with Crippen molar-refractivity contribution < 1.29 is 8.42 Å². The molecule has 0 aliphatic heterocycles. The predicted molar refractivity (Wildman–Crippen MR) is 67.7 cm³/mol. The number of nitrogens with zero attached hydrogens (tertiary/aromatic N) is 4. The minimum atomic E-state index is -3.23. The third kappa shape index (κ3) is 2.74. The van der Waals surface area contributed by atoms with Crippen LogP contribution in [0, 0.1) is 0 Å². The number of benzene rings is 1. The van der Waals surface area contributed by atoms with E-state index in [2.05, 4.69) is 10.2 Å². The van der Waals surface area contributed by atoms with Gasteiger partial charge in [0.05, 0.1) is 12.8 Å². The summed E-state index contributed by atoms with van der Waals surface area (Å²) in [6.07, 6.45) is 2.73. The monoisotopic (exact) mass is 266 g/mol. The van der Waals surface area contributed by atoms with Crippen LogP contribution in [0.1, 0.15) is 5.82 Å². The topological polar surface area (TPSA) is 68.1 Å². The predicted octanol–water partition coefficient (Wildman–Crippen LogP) is 0.659. The Kier molecular flexibility index (Phi) is 3.44. The fourth-order valence-electron chi connectivity index (χ4n) is 1.49. The van der Waals surface area contributed by atoms with Crippen LogP contribution in [0.3, 0.4) is 0 Å². The molecule has 0 spiro atoms. The molecule has 1 aromatic heterocycles. The molecule has 0 fully saturated rings. The van der Waals surface area contributed by atoms with E-state index in [0.717, 1.165) is 11.9 Å². The second-order valence-electron chi connectivity index (χ2n) is 3.97. The van der Waals surface area contributed by atoms with Gasteiger partial charge in [0.25, 0.3) is 0 Å². The standard InChI is InChI=1S/C11H14N4O2S/c1-14(18(2,16)17)8-11-13-12-9-15(11)10-6-4-3-5-7-10/h3-7,9H,8H2,1-2H3. The average molecular weight is 266 g/mol. The highest BCUT2D eigenvalue weighted by Gasteiger charge is 2.15. The van der Waals surface area contributed by atoms with Crippen molar-refractivity contribution in [2.45, 2.75) is 6.54 Å². The minimum Gasteiger partial charge on any atom is -0.284 e. The van der Waals surface area contributed by atoms with Crippen LogP contribution in [-0.4, -0.2) is 40.8 Å². The first kappa shape index (κ1) is 12.7. The van der Waals surface area contributed by atoms with Crippen LogP contribution in [0.25, 0.3) is 5.69 Å². The van der Waals surface area contributed by atoms with Crippen LogP contribution in [0.2, 0.25) is 0 Å². The third-order valence-electron chi connectivity index (χ3n) is 2.58. The molecular formula is C11H14N4O2S. The van der Waals surface area contributed by atoms with Crippen molar-refractivity contribution in [3.8, 4) is 5.69 Å². The molecule has 0 N–H and O–H groups in total. The molecule has 96 valence electrons. The molecule has 0 aliphatic rings. The lowest BCUT2D eigenvalue weighted by atomic mass is 10.3. The average Bonchev–Trinajstić information content (AvgIpc) is 2.77. The van der Waals surface area contributed by atoms with Gasteiger partial charge in [-0.2, -0.15) is 4.31 Å². The van der Waals surface area contributed by atoms with Crippen molar-refractivity contribution in [1.29, 1.82) is 0 Å². The smallest absolute Gasteiger partial charge is 0.211 e. The Bertz CT molecular complexity index is 622. The number of sulfonamides is 1. The molecule has 6 nitrogen and oxygen atoms in total. The van der Waals surface area contributed by atoms with Crippen molar-refractivity contribution in [2.75, 3.05) is 13.3 Å². The van der Waals surface area contributed by atoms with Gasteiger partial charge in [-0.15, -0.1) is 10.2 Å². The fourth-order valence-corrected chi connectivity index (χ4v) is 1.84. The van der Waals surface area contributed by atoms with Gasteiger partial charge in [-0.3, -0.25) is 4.57 Å². The second kappa shape index (κ2) is 4.87. The van der Waals surface area contributed by atoms with Gasteiger partial charge in [-0.05, 0) is 12.1 Å². The van der Waals surface area contributed by atoms with Gasteiger partial charge < -0.3 is 0 Å². The SMILES string of the molecule is CN(Cc1nncn1-c1ccccc1)S(C)(=O)=O. The van der Waals surface area contributed by atoms with Crippen LogP contribution < -0.4 is 0 Å². The number of hydrogen-bond acceptors (Lipinski definition) is 4. The zero-order chi connectivity index (χ0) is 13.2. The number of rotatable bonds is 4. The molecule has 0 amide bonds. The zero-order valence-corrected chi connectivity index (χ0v) is 11.0. The van der Waals surface area contributed by atoms with Crippen LogP contribution in [0.5, 0.6) is 0 Å². The molecule has 0 saturated heterocycles. The summed E-state index contributed by atoms with van der Waals surface area (Å²) in [5, 5.41) is 7.78. The summed E-state index contributed by atoms with van der Waals surface area (Å²) in [5.74, 6) is 0.578. The minimum absolute atomic E-state index is 0.188. The molecule has 7 heteroatoms. The quantitative estimate of drug-likeness (QED) is 0.815. The molecule has 0 saturated carbocycles. The van der Waals surface area contributed by atoms with Crippen molar-refractivity contribution in [3.05, 3.63) is 42.5 Å². The molecule has 2 aromatic rings. The van der Waals surface area contributed by atoms with E-state index in [4.69, 9.17) is 0 Å². The highest BCUT2D eigenvalue weighted by molar-refractivity contribution is 7.88. The lowest BCUT2D eigenvalue weighted by molar-refractivity contribution is 0.458. The van der Waals surface area contributed by atoms with Crippen LogP contribution in [0.15, 0.2) is 36.7 Å². The van der Waals surface area contributed by atoms with Gasteiger partial charge in [0.2, 0.25) is 10.0 Å². The number of aromatic nitrogens is 3.